The van der Waals surface area contributed by atoms with E-state index in [2.05, 4.69) is 69.9 Å². The number of likely N-dealkylation sites (N-methyl/N-ethyl adjacent to an activating group) is 1. The number of aliphatic imine (C=N–C) groups is 1. The zero-order valence-corrected chi connectivity index (χ0v) is 19.0. The lowest BCUT2D eigenvalue weighted by Crippen LogP contribution is -2.43. The molecule has 2 N–H and O–H groups in total. The summed E-state index contributed by atoms with van der Waals surface area (Å²) in [6.07, 6.45) is 2.53. The van der Waals surface area contributed by atoms with Crippen LogP contribution in [0.5, 0.6) is 0 Å². The zero-order chi connectivity index (χ0) is 18.5. The predicted octanol–water partition coefficient (Wildman–Crippen LogP) is 2.87. The van der Waals surface area contributed by atoms with Crippen LogP contribution in [0.15, 0.2) is 35.3 Å². The molecule has 7 heteroatoms. The number of hydrogen-bond donors (Lipinski definition) is 2. The van der Waals surface area contributed by atoms with Crippen LogP contribution in [0, 0.1) is 13.8 Å². The van der Waals surface area contributed by atoms with E-state index in [1.165, 1.54) is 24.9 Å². The summed E-state index contributed by atoms with van der Waals surface area (Å²) in [6.45, 7) is 6.93. The molecule has 2 aromatic rings. The van der Waals surface area contributed by atoms with Gasteiger partial charge in [0.05, 0.1) is 11.4 Å². The second-order valence-electron chi connectivity index (χ2n) is 7.05. The van der Waals surface area contributed by atoms with Crippen LogP contribution in [-0.2, 0) is 6.54 Å². The standard InChI is InChI=1S/C20H30N6.HI/c1-15-12-16(2)26(24-15)19-10-6-5-8-17(19)13-22-20(21-3)23-14-18-9-7-11-25(18)4;/h5-6,8,10,12,18H,7,9,11,13-14H2,1-4H3,(H2,21,22,23);1H. The molecule has 1 aromatic heterocycles. The molecule has 0 radical (unpaired) electrons. The number of nitrogens with zero attached hydrogens (tertiary/aromatic N) is 4. The number of nitrogens with one attached hydrogen (secondary N) is 2. The molecule has 0 spiro atoms. The van der Waals surface area contributed by atoms with E-state index in [1.807, 2.05) is 18.7 Å². The molecule has 0 amide bonds. The molecule has 0 aliphatic carbocycles. The lowest BCUT2D eigenvalue weighted by atomic mass is 10.1. The minimum atomic E-state index is 0. The Hall–Kier alpha value is -1.61. The quantitative estimate of drug-likeness (QED) is 0.391. The number of benzene rings is 1. The van der Waals surface area contributed by atoms with Gasteiger partial charge in [0.25, 0.3) is 0 Å². The number of guanidine groups is 1. The topological polar surface area (TPSA) is 57.5 Å². The highest BCUT2D eigenvalue weighted by molar-refractivity contribution is 14.0. The van der Waals surface area contributed by atoms with E-state index in [1.54, 1.807) is 0 Å². The van der Waals surface area contributed by atoms with Crippen molar-refractivity contribution in [2.75, 3.05) is 27.2 Å². The normalized spacial score (nSPS) is 17.6. The molecule has 148 valence electrons. The monoisotopic (exact) mass is 482 g/mol. The van der Waals surface area contributed by atoms with Crippen molar-refractivity contribution < 1.29 is 0 Å². The van der Waals surface area contributed by atoms with Crippen LogP contribution < -0.4 is 10.6 Å². The van der Waals surface area contributed by atoms with Crippen molar-refractivity contribution >= 4 is 29.9 Å². The SMILES string of the molecule is CN=C(NCc1ccccc1-n1nc(C)cc1C)NCC1CCCN1C.I. The molecule has 27 heavy (non-hydrogen) atoms. The van der Waals surface area contributed by atoms with Crippen molar-refractivity contribution in [1.29, 1.82) is 0 Å². The Bertz CT molecular complexity index is 770. The summed E-state index contributed by atoms with van der Waals surface area (Å²) in [5, 5.41) is 11.5. The van der Waals surface area contributed by atoms with E-state index in [4.69, 9.17) is 0 Å². The first-order chi connectivity index (χ1) is 12.6. The predicted molar refractivity (Wildman–Crippen MR) is 122 cm³/mol. The van der Waals surface area contributed by atoms with Crippen LogP contribution in [0.3, 0.4) is 0 Å². The van der Waals surface area contributed by atoms with Gasteiger partial charge in [-0.05, 0) is 58.0 Å². The van der Waals surface area contributed by atoms with Crippen molar-refractivity contribution in [3.05, 3.63) is 47.3 Å². The van der Waals surface area contributed by atoms with Crippen LogP contribution in [0.2, 0.25) is 0 Å². The first-order valence-corrected chi connectivity index (χ1v) is 9.35. The number of aromatic nitrogens is 2. The number of halogens is 1. The summed E-state index contributed by atoms with van der Waals surface area (Å²) in [7, 11) is 4.01. The number of aryl methyl sites for hydroxylation is 2. The number of para-hydroxylation sites is 1. The van der Waals surface area contributed by atoms with Gasteiger partial charge >= 0.3 is 0 Å². The summed E-state index contributed by atoms with van der Waals surface area (Å²) in [5.74, 6) is 0.841. The van der Waals surface area contributed by atoms with Crippen molar-refractivity contribution in [3.8, 4) is 5.69 Å². The molecule has 1 unspecified atom stereocenters. The summed E-state index contributed by atoms with van der Waals surface area (Å²) in [5.41, 5.74) is 4.47. The first-order valence-electron chi connectivity index (χ1n) is 9.35. The Morgan fingerprint density at radius 2 is 2.04 bits per heavy atom. The lowest BCUT2D eigenvalue weighted by molar-refractivity contribution is 0.309. The molecule has 1 atom stereocenters. The third-order valence-electron chi connectivity index (χ3n) is 5.08. The van der Waals surface area contributed by atoms with Gasteiger partial charge in [-0.1, -0.05) is 18.2 Å². The fourth-order valence-electron chi connectivity index (χ4n) is 3.59. The molecular formula is C20H31IN6. The Balaban J connectivity index is 0.00000261. The van der Waals surface area contributed by atoms with Gasteiger partial charge in [0.15, 0.2) is 5.96 Å². The number of likely N-dealkylation sites (tertiary alicyclic amines) is 1. The minimum absolute atomic E-state index is 0. The second-order valence-corrected chi connectivity index (χ2v) is 7.05. The summed E-state index contributed by atoms with van der Waals surface area (Å²) in [6, 6.07) is 11.1. The molecule has 1 aliphatic rings. The Morgan fingerprint density at radius 1 is 1.26 bits per heavy atom. The van der Waals surface area contributed by atoms with E-state index < -0.39 is 0 Å². The zero-order valence-electron chi connectivity index (χ0n) is 16.7. The van der Waals surface area contributed by atoms with Crippen molar-refractivity contribution in [2.45, 2.75) is 39.3 Å². The van der Waals surface area contributed by atoms with E-state index in [-0.39, 0.29) is 24.0 Å². The molecule has 6 nitrogen and oxygen atoms in total. The second kappa shape index (κ2) is 10.1. The van der Waals surface area contributed by atoms with Gasteiger partial charge in [-0.15, -0.1) is 24.0 Å². The van der Waals surface area contributed by atoms with Gasteiger partial charge in [0, 0.05) is 31.9 Å². The molecule has 1 aliphatic heterocycles. The third-order valence-corrected chi connectivity index (χ3v) is 5.08. The van der Waals surface area contributed by atoms with Gasteiger partial charge in [-0.25, -0.2) is 4.68 Å². The molecule has 1 fully saturated rings. The van der Waals surface area contributed by atoms with E-state index in [0.29, 0.717) is 12.6 Å². The van der Waals surface area contributed by atoms with Crippen molar-refractivity contribution in [1.82, 2.24) is 25.3 Å². The van der Waals surface area contributed by atoms with E-state index in [0.717, 1.165) is 29.6 Å². The van der Waals surface area contributed by atoms with Gasteiger partial charge in [-0.3, -0.25) is 4.99 Å². The maximum absolute atomic E-state index is 4.62. The molecule has 2 heterocycles. The Morgan fingerprint density at radius 3 is 2.67 bits per heavy atom. The molecule has 1 saturated heterocycles. The average molecular weight is 482 g/mol. The Labute approximate surface area is 179 Å². The summed E-state index contributed by atoms with van der Waals surface area (Å²) >= 11 is 0. The van der Waals surface area contributed by atoms with Crippen molar-refractivity contribution in [2.24, 2.45) is 4.99 Å². The van der Waals surface area contributed by atoms with Gasteiger partial charge in [-0.2, -0.15) is 5.10 Å². The summed E-state index contributed by atoms with van der Waals surface area (Å²) < 4.78 is 2.01. The fraction of sp³-hybridized carbons (Fsp3) is 0.500. The fourth-order valence-corrected chi connectivity index (χ4v) is 3.59. The Kier molecular flexibility index (Phi) is 8.09. The lowest BCUT2D eigenvalue weighted by Gasteiger charge is -2.21. The van der Waals surface area contributed by atoms with Crippen LogP contribution >= 0.6 is 24.0 Å². The molecule has 3 rings (SSSR count). The van der Waals surface area contributed by atoms with Gasteiger partial charge < -0.3 is 15.5 Å². The number of hydrogen-bond acceptors (Lipinski definition) is 3. The highest BCUT2D eigenvalue weighted by Gasteiger charge is 2.20. The number of rotatable bonds is 5. The van der Waals surface area contributed by atoms with Crippen LogP contribution in [0.4, 0.5) is 0 Å². The van der Waals surface area contributed by atoms with Crippen LogP contribution in [0.1, 0.15) is 29.8 Å². The van der Waals surface area contributed by atoms with Crippen molar-refractivity contribution in [3.63, 3.8) is 0 Å². The minimum Gasteiger partial charge on any atom is -0.355 e. The summed E-state index contributed by atoms with van der Waals surface area (Å²) in [4.78, 5) is 6.78. The maximum atomic E-state index is 4.62. The highest BCUT2D eigenvalue weighted by atomic mass is 127. The van der Waals surface area contributed by atoms with Crippen LogP contribution in [0.25, 0.3) is 5.69 Å². The van der Waals surface area contributed by atoms with Gasteiger partial charge in [0.2, 0.25) is 0 Å². The third kappa shape index (κ3) is 5.44. The average Bonchev–Trinajstić information content (AvgIpc) is 3.20. The smallest absolute Gasteiger partial charge is 0.191 e. The molecule has 0 saturated carbocycles. The molecule has 0 bridgehead atoms. The highest BCUT2D eigenvalue weighted by Crippen LogP contribution is 2.17. The van der Waals surface area contributed by atoms with Crippen LogP contribution in [-0.4, -0.2) is 53.9 Å². The maximum Gasteiger partial charge on any atom is 0.191 e. The first kappa shape index (κ1) is 21.7. The largest absolute Gasteiger partial charge is 0.355 e. The van der Waals surface area contributed by atoms with Gasteiger partial charge in [0.1, 0.15) is 0 Å². The van der Waals surface area contributed by atoms with E-state index in [9.17, 15) is 0 Å². The van der Waals surface area contributed by atoms with E-state index >= 15 is 0 Å². The molecule has 1 aromatic carbocycles. The molecular weight excluding hydrogens is 451 g/mol.